The zero-order chi connectivity index (χ0) is 17.4. The van der Waals surface area contributed by atoms with Crippen LogP contribution in [-0.2, 0) is 17.9 Å². The van der Waals surface area contributed by atoms with Gasteiger partial charge in [0, 0.05) is 32.7 Å². The number of ether oxygens (including phenoxy) is 1. The topological polar surface area (TPSA) is 65.4 Å². The number of likely N-dealkylation sites (N-methyl/N-ethyl adjacent to an activating group) is 1. The van der Waals surface area contributed by atoms with Gasteiger partial charge in [0.1, 0.15) is 5.75 Å². The molecule has 0 saturated carbocycles. The minimum atomic E-state index is -0.0777. The first-order chi connectivity index (χ1) is 11.6. The minimum Gasteiger partial charge on any atom is -0.483 e. The summed E-state index contributed by atoms with van der Waals surface area (Å²) < 4.78 is 5.63. The monoisotopic (exact) mass is 323 g/mol. The van der Waals surface area contributed by atoms with Gasteiger partial charge in [0.25, 0.3) is 5.91 Å². The average molecular weight is 323 g/mol. The highest BCUT2D eigenvalue weighted by Gasteiger charge is 2.08. The molecule has 0 spiro atoms. The van der Waals surface area contributed by atoms with Crippen LogP contribution in [0.2, 0.25) is 0 Å². The summed E-state index contributed by atoms with van der Waals surface area (Å²) in [6.45, 7) is 1.29. The first kappa shape index (κ1) is 17.5. The highest BCUT2D eigenvalue weighted by Crippen LogP contribution is 2.18. The van der Waals surface area contributed by atoms with E-state index < -0.39 is 0 Å². The maximum Gasteiger partial charge on any atom is 0.259 e. The standard InChI is InChI=1S/C19H21N3O2/c1-22(2)19(23)14-24-18-9-4-3-8-17(18)13-21-12-16-7-5-6-15(10-16)11-20/h3-10,21H,12-14H2,1-2H3. The van der Waals surface area contributed by atoms with Crippen molar-refractivity contribution < 1.29 is 9.53 Å². The molecule has 0 aliphatic rings. The SMILES string of the molecule is CN(C)C(=O)COc1ccccc1CNCc1cccc(C#N)c1. The molecule has 0 saturated heterocycles. The van der Waals surface area contributed by atoms with Crippen molar-refractivity contribution in [1.29, 1.82) is 5.26 Å². The smallest absolute Gasteiger partial charge is 0.259 e. The third kappa shape index (κ3) is 5.11. The van der Waals surface area contributed by atoms with Gasteiger partial charge in [0.2, 0.25) is 0 Å². The fourth-order valence-electron chi connectivity index (χ4n) is 2.15. The van der Waals surface area contributed by atoms with Gasteiger partial charge in [-0.05, 0) is 23.8 Å². The van der Waals surface area contributed by atoms with Gasteiger partial charge in [-0.1, -0.05) is 30.3 Å². The molecule has 2 rings (SSSR count). The molecule has 0 atom stereocenters. The maximum atomic E-state index is 11.6. The first-order valence-electron chi connectivity index (χ1n) is 7.71. The molecule has 2 aromatic rings. The number of nitrogens with zero attached hydrogens (tertiary/aromatic N) is 2. The lowest BCUT2D eigenvalue weighted by molar-refractivity contribution is -0.130. The molecular weight excluding hydrogens is 302 g/mol. The van der Waals surface area contributed by atoms with Gasteiger partial charge in [-0.3, -0.25) is 4.79 Å². The van der Waals surface area contributed by atoms with Crippen molar-refractivity contribution in [3.8, 4) is 11.8 Å². The van der Waals surface area contributed by atoms with Crippen LogP contribution < -0.4 is 10.1 Å². The zero-order valence-electron chi connectivity index (χ0n) is 14.0. The molecule has 2 aromatic carbocycles. The summed E-state index contributed by atoms with van der Waals surface area (Å²) >= 11 is 0. The van der Waals surface area contributed by atoms with E-state index in [2.05, 4.69) is 11.4 Å². The number of hydrogen-bond acceptors (Lipinski definition) is 4. The predicted octanol–water partition coefficient (Wildman–Crippen LogP) is 2.32. The third-order valence-electron chi connectivity index (χ3n) is 3.52. The van der Waals surface area contributed by atoms with E-state index in [-0.39, 0.29) is 12.5 Å². The molecule has 5 nitrogen and oxygen atoms in total. The Morgan fingerprint density at radius 1 is 1.17 bits per heavy atom. The number of nitrogens with one attached hydrogen (secondary N) is 1. The van der Waals surface area contributed by atoms with Gasteiger partial charge in [-0.25, -0.2) is 0 Å². The van der Waals surface area contributed by atoms with Crippen molar-refractivity contribution in [2.45, 2.75) is 13.1 Å². The molecule has 5 heteroatoms. The minimum absolute atomic E-state index is 0.0221. The van der Waals surface area contributed by atoms with Crippen molar-refractivity contribution in [3.63, 3.8) is 0 Å². The molecule has 0 aliphatic carbocycles. The van der Waals surface area contributed by atoms with Gasteiger partial charge in [-0.15, -0.1) is 0 Å². The quantitative estimate of drug-likeness (QED) is 0.849. The van der Waals surface area contributed by atoms with Crippen molar-refractivity contribution >= 4 is 5.91 Å². The number of benzene rings is 2. The number of nitriles is 1. The molecule has 0 aliphatic heterocycles. The molecule has 0 bridgehead atoms. The number of hydrogen-bond donors (Lipinski definition) is 1. The number of rotatable bonds is 7. The molecule has 0 aromatic heterocycles. The summed E-state index contributed by atoms with van der Waals surface area (Å²) in [5, 5.41) is 12.3. The van der Waals surface area contributed by atoms with E-state index in [1.165, 1.54) is 4.90 Å². The second kappa shape index (κ2) is 8.70. The predicted molar refractivity (Wildman–Crippen MR) is 92.3 cm³/mol. The van der Waals surface area contributed by atoms with Gasteiger partial charge >= 0.3 is 0 Å². The Bertz CT molecular complexity index is 735. The van der Waals surface area contributed by atoms with E-state index in [1.54, 1.807) is 20.2 Å². The first-order valence-corrected chi connectivity index (χ1v) is 7.71. The lowest BCUT2D eigenvalue weighted by Gasteiger charge is -2.14. The Hall–Kier alpha value is -2.84. The van der Waals surface area contributed by atoms with Crippen molar-refractivity contribution in [3.05, 3.63) is 65.2 Å². The highest BCUT2D eigenvalue weighted by atomic mass is 16.5. The van der Waals surface area contributed by atoms with Crippen LogP contribution in [0, 0.1) is 11.3 Å². The Kier molecular flexibility index (Phi) is 6.35. The summed E-state index contributed by atoms with van der Waals surface area (Å²) in [4.78, 5) is 13.1. The van der Waals surface area contributed by atoms with Crippen LogP contribution in [0.15, 0.2) is 48.5 Å². The normalized spacial score (nSPS) is 10.0. The molecule has 124 valence electrons. The molecular formula is C19H21N3O2. The van der Waals surface area contributed by atoms with E-state index in [9.17, 15) is 4.79 Å². The summed E-state index contributed by atoms with van der Waals surface area (Å²) in [5.74, 6) is 0.622. The average Bonchev–Trinajstić information content (AvgIpc) is 2.60. The fraction of sp³-hybridized carbons (Fsp3) is 0.263. The number of para-hydroxylation sites is 1. The van der Waals surface area contributed by atoms with Crippen LogP contribution in [0.5, 0.6) is 5.75 Å². The Labute approximate surface area is 142 Å². The van der Waals surface area contributed by atoms with Crippen LogP contribution in [-0.4, -0.2) is 31.5 Å². The maximum absolute atomic E-state index is 11.6. The Morgan fingerprint density at radius 3 is 2.71 bits per heavy atom. The van der Waals surface area contributed by atoms with E-state index in [0.717, 1.165) is 11.1 Å². The van der Waals surface area contributed by atoms with E-state index >= 15 is 0 Å². The molecule has 1 N–H and O–H groups in total. The summed E-state index contributed by atoms with van der Waals surface area (Å²) in [5.41, 5.74) is 2.69. The van der Waals surface area contributed by atoms with E-state index in [0.29, 0.717) is 24.4 Å². The van der Waals surface area contributed by atoms with Gasteiger partial charge in [0.15, 0.2) is 6.61 Å². The van der Waals surface area contributed by atoms with Crippen LogP contribution in [0.3, 0.4) is 0 Å². The van der Waals surface area contributed by atoms with Gasteiger partial charge < -0.3 is 15.0 Å². The van der Waals surface area contributed by atoms with Crippen molar-refractivity contribution in [1.82, 2.24) is 10.2 Å². The van der Waals surface area contributed by atoms with Crippen LogP contribution in [0.1, 0.15) is 16.7 Å². The summed E-state index contributed by atoms with van der Waals surface area (Å²) in [7, 11) is 3.41. The number of amides is 1. The molecule has 0 heterocycles. The van der Waals surface area contributed by atoms with Crippen molar-refractivity contribution in [2.24, 2.45) is 0 Å². The number of carbonyl (C=O) groups excluding carboxylic acids is 1. The second-order valence-electron chi connectivity index (χ2n) is 5.60. The van der Waals surface area contributed by atoms with Gasteiger partial charge in [-0.2, -0.15) is 5.26 Å². The van der Waals surface area contributed by atoms with Crippen LogP contribution >= 0.6 is 0 Å². The molecule has 0 fully saturated rings. The zero-order valence-corrected chi connectivity index (χ0v) is 14.0. The number of carbonyl (C=O) groups is 1. The van der Waals surface area contributed by atoms with E-state index in [4.69, 9.17) is 10.00 Å². The summed E-state index contributed by atoms with van der Waals surface area (Å²) in [6, 6.07) is 17.3. The van der Waals surface area contributed by atoms with Crippen molar-refractivity contribution in [2.75, 3.05) is 20.7 Å². The lowest BCUT2D eigenvalue weighted by atomic mass is 10.1. The molecule has 24 heavy (non-hydrogen) atoms. The van der Waals surface area contributed by atoms with Crippen LogP contribution in [0.25, 0.3) is 0 Å². The molecule has 0 radical (unpaired) electrons. The van der Waals surface area contributed by atoms with Gasteiger partial charge in [0.05, 0.1) is 11.6 Å². The summed E-state index contributed by atoms with van der Waals surface area (Å²) in [6.07, 6.45) is 0. The Balaban J connectivity index is 1.92. The molecule has 0 unspecified atom stereocenters. The largest absolute Gasteiger partial charge is 0.483 e. The van der Waals surface area contributed by atoms with E-state index in [1.807, 2.05) is 42.5 Å². The molecule has 1 amide bonds. The van der Waals surface area contributed by atoms with Crippen LogP contribution in [0.4, 0.5) is 0 Å². The second-order valence-corrected chi connectivity index (χ2v) is 5.60. The lowest BCUT2D eigenvalue weighted by Crippen LogP contribution is -2.27. The fourth-order valence-corrected chi connectivity index (χ4v) is 2.15. The third-order valence-corrected chi connectivity index (χ3v) is 3.52. The highest BCUT2D eigenvalue weighted by molar-refractivity contribution is 5.77. The Morgan fingerprint density at radius 2 is 1.96 bits per heavy atom.